The van der Waals surface area contributed by atoms with Gasteiger partial charge in [0, 0.05) is 6.42 Å². The van der Waals surface area contributed by atoms with Crippen LogP contribution in [-0.2, 0) is 24.0 Å². The molecule has 0 aliphatic carbocycles. The number of carbonyl (C=O) groups excluding carboxylic acids is 3. The van der Waals surface area contributed by atoms with Gasteiger partial charge >= 0.3 is 11.9 Å². The van der Waals surface area contributed by atoms with Gasteiger partial charge in [-0.25, -0.2) is 4.79 Å². The van der Waals surface area contributed by atoms with E-state index in [4.69, 9.17) is 10.8 Å². The number of carboxylic acid groups (broad SMARTS) is 2. The topological polar surface area (TPSA) is 228 Å². The second-order valence-electron chi connectivity index (χ2n) is 7.21. The van der Waals surface area contributed by atoms with Gasteiger partial charge in [0.05, 0.1) is 12.7 Å². The van der Waals surface area contributed by atoms with E-state index in [0.717, 1.165) is 0 Å². The number of nitrogens with one attached hydrogen (secondary N) is 3. The van der Waals surface area contributed by atoms with Crippen LogP contribution in [0.3, 0.4) is 0 Å². The number of carboxylic acids is 2. The van der Waals surface area contributed by atoms with Crippen LogP contribution in [-0.4, -0.2) is 87.0 Å². The van der Waals surface area contributed by atoms with Gasteiger partial charge in [-0.15, -0.1) is 0 Å². The fourth-order valence-corrected chi connectivity index (χ4v) is 2.43. The number of aliphatic carboxylic acids is 2. The van der Waals surface area contributed by atoms with E-state index in [-0.39, 0.29) is 6.42 Å². The van der Waals surface area contributed by atoms with Gasteiger partial charge in [0.25, 0.3) is 0 Å². The first kappa shape index (κ1) is 28.2. The third-order valence-electron chi connectivity index (χ3n) is 4.69. The van der Waals surface area contributed by atoms with Gasteiger partial charge in [-0.3, -0.25) is 19.2 Å². The molecular formula is C18H32N4O9. The summed E-state index contributed by atoms with van der Waals surface area (Å²) < 4.78 is 0. The van der Waals surface area contributed by atoms with E-state index >= 15 is 0 Å². The molecule has 9 N–H and O–H groups in total. The standard InChI is InChI=1S/C18H32N4O9/c1-4-8(2)14(18(30)31)22-16(28)11(7-23)21-15(27)10(5-6-12(25)26)20-17(29)13(19)9(3)24/h8-11,13-14,23-24H,4-7,19H2,1-3H3,(H,20,29)(H,21,27)(H,22,28)(H,25,26)(H,30,31). The average molecular weight is 448 g/mol. The van der Waals surface area contributed by atoms with Gasteiger partial charge in [0.15, 0.2) is 0 Å². The smallest absolute Gasteiger partial charge is 0.326 e. The number of aliphatic hydroxyl groups is 2. The van der Waals surface area contributed by atoms with E-state index in [2.05, 4.69) is 16.0 Å². The maximum absolute atomic E-state index is 12.5. The summed E-state index contributed by atoms with van der Waals surface area (Å²) in [5, 5.41) is 43.6. The molecule has 0 bridgehead atoms. The summed E-state index contributed by atoms with van der Waals surface area (Å²) in [6.45, 7) is 3.70. The first-order valence-electron chi connectivity index (χ1n) is 9.75. The van der Waals surface area contributed by atoms with Crippen molar-refractivity contribution in [3.05, 3.63) is 0 Å². The highest BCUT2D eigenvalue weighted by atomic mass is 16.4. The van der Waals surface area contributed by atoms with E-state index in [9.17, 15) is 39.3 Å². The Morgan fingerprint density at radius 3 is 1.84 bits per heavy atom. The number of carbonyl (C=O) groups is 5. The fourth-order valence-electron chi connectivity index (χ4n) is 2.43. The zero-order valence-electron chi connectivity index (χ0n) is 17.7. The first-order chi connectivity index (χ1) is 14.3. The van der Waals surface area contributed by atoms with Crippen LogP contribution in [0.25, 0.3) is 0 Å². The summed E-state index contributed by atoms with van der Waals surface area (Å²) in [7, 11) is 0. The lowest BCUT2D eigenvalue weighted by Gasteiger charge is -2.25. The Balaban J connectivity index is 5.35. The van der Waals surface area contributed by atoms with Gasteiger partial charge in [0.2, 0.25) is 17.7 Å². The average Bonchev–Trinajstić information content (AvgIpc) is 2.70. The minimum Gasteiger partial charge on any atom is -0.481 e. The van der Waals surface area contributed by atoms with Crippen molar-refractivity contribution < 1.29 is 44.4 Å². The summed E-state index contributed by atoms with van der Waals surface area (Å²) in [6, 6.07) is -5.62. The van der Waals surface area contributed by atoms with Gasteiger partial charge in [-0.05, 0) is 19.3 Å². The van der Waals surface area contributed by atoms with Crippen molar-refractivity contribution in [2.75, 3.05) is 6.61 Å². The van der Waals surface area contributed by atoms with Crippen LogP contribution in [0, 0.1) is 5.92 Å². The number of hydrogen-bond acceptors (Lipinski definition) is 8. The molecule has 0 saturated heterocycles. The molecule has 13 heteroatoms. The molecule has 0 heterocycles. The summed E-state index contributed by atoms with van der Waals surface area (Å²) in [5.41, 5.74) is 5.49. The van der Waals surface area contributed by atoms with Gasteiger partial charge in [0.1, 0.15) is 24.2 Å². The molecule has 6 atom stereocenters. The Bertz CT molecular complexity index is 656. The highest BCUT2D eigenvalue weighted by Crippen LogP contribution is 2.08. The highest BCUT2D eigenvalue weighted by molar-refractivity contribution is 5.94. The van der Waals surface area contributed by atoms with Crippen LogP contribution in [0.5, 0.6) is 0 Å². The maximum atomic E-state index is 12.5. The normalized spacial score (nSPS) is 16.7. The van der Waals surface area contributed by atoms with Crippen molar-refractivity contribution in [2.24, 2.45) is 11.7 Å². The zero-order valence-corrected chi connectivity index (χ0v) is 17.7. The molecule has 0 aromatic carbocycles. The van der Waals surface area contributed by atoms with Crippen molar-refractivity contribution in [3.63, 3.8) is 0 Å². The van der Waals surface area contributed by atoms with Crippen LogP contribution >= 0.6 is 0 Å². The second-order valence-corrected chi connectivity index (χ2v) is 7.21. The summed E-state index contributed by atoms with van der Waals surface area (Å²) in [4.78, 5) is 59.2. The van der Waals surface area contributed by atoms with Crippen molar-refractivity contribution in [1.82, 2.24) is 16.0 Å². The Kier molecular flexibility index (Phi) is 12.3. The Labute approximate surface area is 179 Å². The molecule has 0 fully saturated rings. The molecular weight excluding hydrogens is 416 g/mol. The quantitative estimate of drug-likeness (QED) is 0.135. The van der Waals surface area contributed by atoms with Crippen LogP contribution in [0.4, 0.5) is 0 Å². The third-order valence-corrected chi connectivity index (χ3v) is 4.69. The lowest BCUT2D eigenvalue weighted by Crippen LogP contribution is -2.59. The molecule has 0 aromatic rings. The number of amides is 3. The molecule has 6 unspecified atom stereocenters. The zero-order chi connectivity index (χ0) is 24.3. The predicted molar refractivity (Wildman–Crippen MR) is 106 cm³/mol. The molecule has 3 amide bonds. The Hall–Kier alpha value is -2.77. The molecule has 178 valence electrons. The van der Waals surface area contributed by atoms with E-state index in [1.165, 1.54) is 6.92 Å². The Morgan fingerprint density at radius 2 is 1.42 bits per heavy atom. The monoisotopic (exact) mass is 448 g/mol. The van der Waals surface area contributed by atoms with Crippen molar-refractivity contribution >= 4 is 29.7 Å². The fraction of sp³-hybridized carbons (Fsp3) is 0.722. The summed E-state index contributed by atoms with van der Waals surface area (Å²) >= 11 is 0. The summed E-state index contributed by atoms with van der Waals surface area (Å²) in [6.07, 6.45) is -1.66. The number of rotatable bonds is 14. The minimum atomic E-state index is -1.55. The molecule has 0 aromatic heterocycles. The third kappa shape index (κ3) is 9.72. The van der Waals surface area contributed by atoms with Gasteiger partial charge in [-0.1, -0.05) is 20.3 Å². The molecule has 13 nitrogen and oxygen atoms in total. The molecule has 0 radical (unpaired) electrons. The summed E-state index contributed by atoms with van der Waals surface area (Å²) in [5.74, 6) is -5.84. The molecule has 0 rings (SSSR count). The molecule has 0 aliphatic rings. The lowest BCUT2D eigenvalue weighted by molar-refractivity contribution is -0.144. The van der Waals surface area contributed by atoms with Crippen LogP contribution < -0.4 is 21.7 Å². The molecule has 31 heavy (non-hydrogen) atoms. The second kappa shape index (κ2) is 13.5. The molecule has 0 saturated carbocycles. The largest absolute Gasteiger partial charge is 0.481 e. The minimum absolute atomic E-state index is 0.357. The van der Waals surface area contributed by atoms with Gasteiger partial charge < -0.3 is 42.1 Å². The van der Waals surface area contributed by atoms with E-state index in [1.807, 2.05) is 0 Å². The van der Waals surface area contributed by atoms with Crippen molar-refractivity contribution in [1.29, 1.82) is 0 Å². The van der Waals surface area contributed by atoms with Crippen molar-refractivity contribution in [3.8, 4) is 0 Å². The van der Waals surface area contributed by atoms with Crippen molar-refractivity contribution in [2.45, 2.75) is 70.3 Å². The number of aliphatic hydroxyl groups excluding tert-OH is 2. The lowest BCUT2D eigenvalue weighted by atomic mass is 9.99. The SMILES string of the molecule is CCC(C)C(NC(=O)C(CO)NC(=O)C(CCC(=O)O)NC(=O)C(N)C(C)O)C(=O)O. The highest BCUT2D eigenvalue weighted by Gasteiger charge is 2.32. The Morgan fingerprint density at radius 1 is 0.903 bits per heavy atom. The predicted octanol–water partition coefficient (Wildman–Crippen LogP) is -2.86. The van der Waals surface area contributed by atoms with E-state index < -0.39 is 78.9 Å². The number of nitrogens with two attached hydrogens (primary N) is 1. The van der Waals surface area contributed by atoms with E-state index in [1.54, 1.807) is 13.8 Å². The number of hydrogen-bond donors (Lipinski definition) is 8. The maximum Gasteiger partial charge on any atom is 0.326 e. The molecule has 0 spiro atoms. The van der Waals surface area contributed by atoms with Crippen LogP contribution in [0.1, 0.15) is 40.0 Å². The van der Waals surface area contributed by atoms with Crippen LogP contribution in [0.2, 0.25) is 0 Å². The molecule has 0 aliphatic heterocycles. The van der Waals surface area contributed by atoms with Gasteiger partial charge in [-0.2, -0.15) is 0 Å². The van der Waals surface area contributed by atoms with E-state index in [0.29, 0.717) is 6.42 Å². The van der Waals surface area contributed by atoms with Crippen LogP contribution in [0.15, 0.2) is 0 Å². The first-order valence-corrected chi connectivity index (χ1v) is 9.75.